The van der Waals surface area contributed by atoms with Crippen LogP contribution < -0.4 is 11.1 Å². The largest absolute Gasteiger partial charge is 0.355 e. The molecule has 0 radical (unpaired) electrons. The van der Waals surface area contributed by atoms with E-state index in [1.165, 1.54) is 5.56 Å². The molecule has 2 rings (SSSR count). The highest BCUT2D eigenvalue weighted by molar-refractivity contribution is 9.10. The second-order valence-corrected chi connectivity index (χ2v) is 6.12. The van der Waals surface area contributed by atoms with Crippen LogP contribution in [0.25, 0.3) is 0 Å². The van der Waals surface area contributed by atoms with Crippen molar-refractivity contribution in [1.82, 2.24) is 10.2 Å². The zero-order valence-corrected chi connectivity index (χ0v) is 13.4. The maximum absolute atomic E-state index is 11.5. The Labute approximate surface area is 128 Å². The summed E-state index contributed by atoms with van der Waals surface area (Å²) in [4.78, 5) is 13.8. The highest BCUT2D eigenvalue weighted by Gasteiger charge is 2.27. The van der Waals surface area contributed by atoms with Crippen LogP contribution >= 0.6 is 15.9 Å². The molecular formula is C15H22BrN3O. The van der Waals surface area contributed by atoms with Gasteiger partial charge in [-0.3, -0.25) is 9.69 Å². The van der Waals surface area contributed by atoms with E-state index in [1.807, 2.05) is 12.1 Å². The summed E-state index contributed by atoms with van der Waals surface area (Å²) in [5.41, 5.74) is 7.56. The number of benzene rings is 1. The Morgan fingerprint density at radius 3 is 2.70 bits per heavy atom. The lowest BCUT2D eigenvalue weighted by Gasteiger charge is -2.34. The van der Waals surface area contributed by atoms with Crippen molar-refractivity contribution in [2.24, 2.45) is 5.73 Å². The van der Waals surface area contributed by atoms with Crippen LogP contribution in [0.4, 0.5) is 0 Å². The predicted molar refractivity (Wildman–Crippen MR) is 84.3 cm³/mol. The van der Waals surface area contributed by atoms with Crippen molar-refractivity contribution in [3.8, 4) is 0 Å². The lowest BCUT2D eigenvalue weighted by Crippen LogP contribution is -2.42. The molecule has 1 aliphatic heterocycles. The van der Waals surface area contributed by atoms with Crippen molar-refractivity contribution in [1.29, 1.82) is 0 Å². The van der Waals surface area contributed by atoms with Gasteiger partial charge in [-0.1, -0.05) is 35.0 Å². The van der Waals surface area contributed by atoms with E-state index in [-0.39, 0.29) is 18.0 Å². The molecule has 0 spiro atoms. The highest BCUT2D eigenvalue weighted by Crippen LogP contribution is 2.27. The van der Waals surface area contributed by atoms with Gasteiger partial charge in [-0.25, -0.2) is 0 Å². The fourth-order valence-electron chi connectivity index (χ4n) is 2.67. The molecule has 0 aromatic heterocycles. The summed E-state index contributed by atoms with van der Waals surface area (Å²) in [6.45, 7) is 4.42. The summed E-state index contributed by atoms with van der Waals surface area (Å²) in [5, 5.41) is 2.92. The molecule has 3 N–H and O–H groups in total. The van der Waals surface area contributed by atoms with Crippen LogP contribution in [-0.2, 0) is 4.79 Å². The van der Waals surface area contributed by atoms with Crippen molar-refractivity contribution >= 4 is 21.8 Å². The minimum absolute atomic E-state index is 0.0735. The van der Waals surface area contributed by atoms with E-state index in [0.717, 1.165) is 24.0 Å². The average molecular weight is 340 g/mol. The molecule has 20 heavy (non-hydrogen) atoms. The zero-order chi connectivity index (χ0) is 14.5. The molecule has 4 nitrogen and oxygen atoms in total. The van der Waals surface area contributed by atoms with Crippen molar-refractivity contribution in [2.45, 2.75) is 31.8 Å². The molecule has 2 atom stereocenters. The number of rotatable bonds is 4. The molecule has 1 aromatic rings. The molecule has 1 aromatic carbocycles. The van der Waals surface area contributed by atoms with Crippen LogP contribution in [0.1, 0.15) is 31.4 Å². The van der Waals surface area contributed by atoms with Crippen LogP contribution in [-0.4, -0.2) is 36.5 Å². The van der Waals surface area contributed by atoms with Crippen LogP contribution in [0.5, 0.6) is 0 Å². The molecule has 1 fully saturated rings. The average Bonchev–Trinajstić information content (AvgIpc) is 2.66. The minimum Gasteiger partial charge on any atom is -0.355 e. The number of amides is 1. The standard InChI is InChI=1S/C15H22BrN3O/c1-2-13(17)15(11-3-5-12(16)6-4-11)19-9-7-14(20)18-8-10-19/h3-6,13,15H,2,7-10,17H2,1H3,(H,18,20). The first-order chi connectivity index (χ1) is 9.61. The van der Waals surface area contributed by atoms with Crippen LogP contribution in [0, 0.1) is 0 Å². The van der Waals surface area contributed by atoms with Crippen LogP contribution in [0.15, 0.2) is 28.7 Å². The fraction of sp³-hybridized carbons (Fsp3) is 0.533. The van der Waals surface area contributed by atoms with E-state index >= 15 is 0 Å². The number of hydrogen-bond donors (Lipinski definition) is 2. The van der Waals surface area contributed by atoms with Gasteiger partial charge in [0, 0.05) is 42.6 Å². The molecule has 110 valence electrons. The SMILES string of the molecule is CCC(N)C(c1ccc(Br)cc1)N1CCNC(=O)CC1. The van der Waals surface area contributed by atoms with E-state index in [1.54, 1.807) is 0 Å². The third-order valence-corrected chi connectivity index (χ3v) is 4.36. The predicted octanol–water partition coefficient (Wildman–Crippen LogP) is 2.05. The summed E-state index contributed by atoms with van der Waals surface area (Å²) in [7, 11) is 0. The van der Waals surface area contributed by atoms with Crippen molar-refractivity contribution in [2.75, 3.05) is 19.6 Å². The van der Waals surface area contributed by atoms with E-state index in [4.69, 9.17) is 5.73 Å². The van der Waals surface area contributed by atoms with E-state index in [2.05, 4.69) is 45.2 Å². The molecule has 1 heterocycles. The van der Waals surface area contributed by atoms with E-state index in [0.29, 0.717) is 13.0 Å². The molecule has 0 saturated carbocycles. The number of halogens is 1. The monoisotopic (exact) mass is 339 g/mol. The zero-order valence-electron chi connectivity index (χ0n) is 11.8. The Kier molecular flexibility index (Phi) is 5.57. The smallest absolute Gasteiger partial charge is 0.221 e. The molecule has 5 heteroatoms. The number of carbonyl (C=O) groups excluding carboxylic acids is 1. The summed E-state index contributed by atoms with van der Waals surface area (Å²) < 4.78 is 1.07. The third kappa shape index (κ3) is 3.81. The van der Waals surface area contributed by atoms with Gasteiger partial charge < -0.3 is 11.1 Å². The Bertz CT molecular complexity index is 449. The van der Waals surface area contributed by atoms with Crippen molar-refractivity contribution in [3.63, 3.8) is 0 Å². The van der Waals surface area contributed by atoms with Crippen molar-refractivity contribution in [3.05, 3.63) is 34.3 Å². The molecule has 1 amide bonds. The fourth-order valence-corrected chi connectivity index (χ4v) is 2.94. The minimum atomic E-state index is 0.0735. The maximum atomic E-state index is 11.5. The normalized spacial score (nSPS) is 20.1. The number of nitrogens with zero attached hydrogens (tertiary/aromatic N) is 1. The quantitative estimate of drug-likeness (QED) is 0.882. The molecule has 1 aliphatic rings. The van der Waals surface area contributed by atoms with Gasteiger partial charge in [0.25, 0.3) is 0 Å². The van der Waals surface area contributed by atoms with Gasteiger partial charge in [-0.05, 0) is 24.1 Å². The number of hydrogen-bond acceptors (Lipinski definition) is 3. The van der Waals surface area contributed by atoms with Gasteiger partial charge in [-0.2, -0.15) is 0 Å². The number of nitrogens with one attached hydrogen (secondary N) is 1. The van der Waals surface area contributed by atoms with Gasteiger partial charge in [0.05, 0.1) is 0 Å². The van der Waals surface area contributed by atoms with E-state index < -0.39 is 0 Å². The molecule has 0 aliphatic carbocycles. The molecule has 0 bridgehead atoms. The first kappa shape index (κ1) is 15.5. The lowest BCUT2D eigenvalue weighted by atomic mass is 9.96. The van der Waals surface area contributed by atoms with Gasteiger partial charge in [0.1, 0.15) is 0 Å². The van der Waals surface area contributed by atoms with Crippen molar-refractivity contribution < 1.29 is 4.79 Å². The van der Waals surface area contributed by atoms with Gasteiger partial charge >= 0.3 is 0 Å². The topological polar surface area (TPSA) is 58.4 Å². The Balaban J connectivity index is 2.22. The highest BCUT2D eigenvalue weighted by atomic mass is 79.9. The summed E-state index contributed by atoms with van der Waals surface area (Å²) >= 11 is 3.47. The summed E-state index contributed by atoms with van der Waals surface area (Å²) in [5.74, 6) is 0.132. The third-order valence-electron chi connectivity index (χ3n) is 3.83. The molecular weight excluding hydrogens is 318 g/mol. The first-order valence-electron chi connectivity index (χ1n) is 7.13. The van der Waals surface area contributed by atoms with Crippen LogP contribution in [0.2, 0.25) is 0 Å². The second-order valence-electron chi connectivity index (χ2n) is 5.20. The number of nitrogens with two attached hydrogens (primary N) is 1. The van der Waals surface area contributed by atoms with Gasteiger partial charge in [-0.15, -0.1) is 0 Å². The van der Waals surface area contributed by atoms with Gasteiger partial charge in [0.15, 0.2) is 0 Å². The summed E-state index contributed by atoms with van der Waals surface area (Å²) in [6.07, 6.45) is 1.46. The van der Waals surface area contributed by atoms with E-state index in [9.17, 15) is 4.79 Å². The van der Waals surface area contributed by atoms with Crippen LogP contribution in [0.3, 0.4) is 0 Å². The van der Waals surface area contributed by atoms with Gasteiger partial charge in [0.2, 0.25) is 5.91 Å². The molecule has 1 saturated heterocycles. The molecule has 2 unspecified atom stereocenters. The lowest BCUT2D eigenvalue weighted by molar-refractivity contribution is -0.120. The summed E-state index contributed by atoms with van der Waals surface area (Å²) in [6, 6.07) is 8.57. The number of carbonyl (C=O) groups is 1. The second kappa shape index (κ2) is 7.20. The Morgan fingerprint density at radius 2 is 2.05 bits per heavy atom. The Morgan fingerprint density at radius 1 is 1.35 bits per heavy atom. The first-order valence-corrected chi connectivity index (χ1v) is 7.93. The maximum Gasteiger partial charge on any atom is 0.221 e. The Hall–Kier alpha value is -0.910.